The van der Waals surface area contributed by atoms with Gasteiger partial charge in [-0.25, -0.2) is 9.18 Å². The number of carbonyl (C=O) groups excluding carboxylic acids is 2. The minimum absolute atomic E-state index is 0.0548. The van der Waals surface area contributed by atoms with E-state index in [1.807, 2.05) is 26.0 Å². The number of hydrogen-bond acceptors (Lipinski definition) is 2. The summed E-state index contributed by atoms with van der Waals surface area (Å²) in [4.78, 5) is 24.9. The Labute approximate surface area is 161 Å². The Morgan fingerprint density at radius 2 is 1.93 bits per heavy atom. The second-order valence-corrected chi connectivity index (χ2v) is 6.89. The van der Waals surface area contributed by atoms with Crippen molar-refractivity contribution < 1.29 is 14.0 Å². The molecule has 0 aliphatic carbocycles. The molecule has 27 heavy (non-hydrogen) atoms. The lowest BCUT2D eigenvalue weighted by molar-refractivity contribution is -0.113. The maximum atomic E-state index is 14.5. The maximum Gasteiger partial charge on any atom is 0.319 e. The van der Waals surface area contributed by atoms with Crippen LogP contribution in [0.5, 0.6) is 0 Å². The molecule has 2 aromatic rings. The third-order valence-electron chi connectivity index (χ3n) is 4.43. The van der Waals surface area contributed by atoms with Gasteiger partial charge in [0.05, 0.1) is 11.6 Å². The normalized spacial score (nSPS) is 16.6. The van der Waals surface area contributed by atoms with Crippen molar-refractivity contribution >= 4 is 29.2 Å². The number of nitrogens with one attached hydrogen (secondary N) is 3. The number of benzene rings is 2. The molecule has 3 amide bonds. The molecule has 140 valence electrons. The van der Waals surface area contributed by atoms with Crippen LogP contribution in [0.25, 0.3) is 0 Å². The molecule has 1 heterocycles. The summed E-state index contributed by atoms with van der Waals surface area (Å²) in [6, 6.07) is 8.33. The van der Waals surface area contributed by atoms with E-state index in [2.05, 4.69) is 16.0 Å². The van der Waals surface area contributed by atoms with Crippen LogP contribution in [-0.4, -0.2) is 11.9 Å². The van der Waals surface area contributed by atoms with Gasteiger partial charge in [0, 0.05) is 22.0 Å². The van der Waals surface area contributed by atoms with E-state index in [-0.39, 0.29) is 16.2 Å². The highest BCUT2D eigenvalue weighted by atomic mass is 35.5. The van der Waals surface area contributed by atoms with Gasteiger partial charge in [0.2, 0.25) is 0 Å². The van der Waals surface area contributed by atoms with Crippen molar-refractivity contribution in [1.82, 2.24) is 10.6 Å². The molecule has 7 heteroatoms. The molecule has 5 nitrogen and oxygen atoms in total. The number of carbonyl (C=O) groups is 2. The van der Waals surface area contributed by atoms with Gasteiger partial charge in [-0.3, -0.25) is 4.79 Å². The minimum Gasteiger partial charge on any atom is -0.327 e. The second-order valence-electron chi connectivity index (χ2n) is 6.48. The van der Waals surface area contributed by atoms with Crippen LogP contribution in [-0.2, 0) is 4.79 Å². The molecule has 0 saturated carbocycles. The zero-order chi connectivity index (χ0) is 19.7. The van der Waals surface area contributed by atoms with Gasteiger partial charge in [-0.2, -0.15) is 0 Å². The largest absolute Gasteiger partial charge is 0.327 e. The lowest BCUT2D eigenvalue weighted by atomic mass is 9.94. The van der Waals surface area contributed by atoms with Crippen LogP contribution in [0.15, 0.2) is 47.7 Å². The van der Waals surface area contributed by atoms with Crippen LogP contribution in [0.4, 0.5) is 14.9 Å². The Morgan fingerprint density at radius 1 is 1.19 bits per heavy atom. The fraction of sp³-hybridized carbons (Fsp3) is 0.200. The molecule has 1 aliphatic rings. The van der Waals surface area contributed by atoms with E-state index < -0.39 is 23.8 Å². The monoisotopic (exact) mass is 387 g/mol. The topological polar surface area (TPSA) is 70.2 Å². The summed E-state index contributed by atoms with van der Waals surface area (Å²) in [5, 5.41) is 8.12. The Bertz CT molecular complexity index is 951. The standard InChI is InChI=1S/C20H19ClFN3O2/c1-10-7-8-15(11(2)9-10)24-19(26)16-12(3)23-20(27)25-18(16)17-13(21)5-4-6-14(17)22/h4-9,18H,1-3H3,(H,24,26)(H2,23,25,27)/t18-/m1/s1. The average Bonchev–Trinajstić information content (AvgIpc) is 2.56. The van der Waals surface area contributed by atoms with Gasteiger partial charge in [0.15, 0.2) is 0 Å². The molecule has 0 fully saturated rings. The maximum absolute atomic E-state index is 14.5. The van der Waals surface area contributed by atoms with Crippen molar-refractivity contribution in [2.45, 2.75) is 26.8 Å². The first-order chi connectivity index (χ1) is 12.8. The van der Waals surface area contributed by atoms with Crippen LogP contribution >= 0.6 is 11.6 Å². The summed E-state index contributed by atoms with van der Waals surface area (Å²) < 4.78 is 14.5. The molecule has 0 aromatic heterocycles. The fourth-order valence-electron chi connectivity index (χ4n) is 3.14. The van der Waals surface area contributed by atoms with E-state index in [1.54, 1.807) is 13.0 Å². The summed E-state index contributed by atoms with van der Waals surface area (Å²) in [5.41, 5.74) is 3.20. The highest BCUT2D eigenvalue weighted by molar-refractivity contribution is 6.31. The summed E-state index contributed by atoms with van der Waals surface area (Å²) in [7, 11) is 0. The summed E-state index contributed by atoms with van der Waals surface area (Å²) >= 11 is 6.17. The van der Waals surface area contributed by atoms with Gasteiger partial charge >= 0.3 is 6.03 Å². The Morgan fingerprint density at radius 3 is 2.59 bits per heavy atom. The molecular weight excluding hydrogens is 369 g/mol. The number of amides is 3. The third kappa shape index (κ3) is 3.80. The van der Waals surface area contributed by atoms with E-state index in [0.717, 1.165) is 11.1 Å². The second kappa shape index (κ2) is 7.40. The predicted molar refractivity (Wildman–Crippen MR) is 103 cm³/mol. The Kier molecular flexibility index (Phi) is 5.19. The number of hydrogen-bond donors (Lipinski definition) is 3. The summed E-state index contributed by atoms with van der Waals surface area (Å²) in [6.07, 6.45) is 0. The summed E-state index contributed by atoms with van der Waals surface area (Å²) in [6.45, 7) is 5.44. The zero-order valence-electron chi connectivity index (χ0n) is 15.1. The summed E-state index contributed by atoms with van der Waals surface area (Å²) in [5.74, 6) is -1.05. The molecule has 0 radical (unpaired) electrons. The van der Waals surface area contributed by atoms with Crippen molar-refractivity contribution in [3.05, 3.63) is 75.2 Å². The van der Waals surface area contributed by atoms with Crippen molar-refractivity contribution in [3.8, 4) is 0 Å². The van der Waals surface area contributed by atoms with Crippen LogP contribution in [0.3, 0.4) is 0 Å². The molecule has 3 N–H and O–H groups in total. The van der Waals surface area contributed by atoms with Crippen LogP contribution in [0.2, 0.25) is 5.02 Å². The van der Waals surface area contributed by atoms with Crippen molar-refractivity contribution in [1.29, 1.82) is 0 Å². The zero-order valence-corrected chi connectivity index (χ0v) is 15.9. The fourth-order valence-corrected chi connectivity index (χ4v) is 3.41. The number of urea groups is 1. The van der Waals surface area contributed by atoms with Crippen LogP contribution in [0, 0.1) is 19.7 Å². The average molecular weight is 388 g/mol. The Balaban J connectivity index is 2.02. The van der Waals surface area contributed by atoms with E-state index >= 15 is 0 Å². The number of anilines is 1. The van der Waals surface area contributed by atoms with E-state index in [4.69, 9.17) is 11.6 Å². The quantitative estimate of drug-likeness (QED) is 0.732. The van der Waals surface area contributed by atoms with Gasteiger partial charge in [-0.05, 0) is 44.5 Å². The van der Waals surface area contributed by atoms with Crippen LogP contribution in [0.1, 0.15) is 29.7 Å². The van der Waals surface area contributed by atoms with Gasteiger partial charge in [0.25, 0.3) is 5.91 Å². The Hall–Kier alpha value is -2.86. The van der Waals surface area contributed by atoms with E-state index in [1.165, 1.54) is 18.2 Å². The highest BCUT2D eigenvalue weighted by Gasteiger charge is 2.34. The lowest BCUT2D eigenvalue weighted by Crippen LogP contribution is -2.46. The van der Waals surface area contributed by atoms with Gasteiger partial charge in [-0.1, -0.05) is 35.4 Å². The van der Waals surface area contributed by atoms with Crippen LogP contribution < -0.4 is 16.0 Å². The lowest BCUT2D eigenvalue weighted by Gasteiger charge is -2.29. The number of aryl methyl sites for hydroxylation is 2. The first-order valence-corrected chi connectivity index (χ1v) is 8.76. The van der Waals surface area contributed by atoms with Gasteiger partial charge in [0.1, 0.15) is 5.82 Å². The third-order valence-corrected chi connectivity index (χ3v) is 4.76. The number of allylic oxidation sites excluding steroid dienone is 1. The van der Waals surface area contributed by atoms with Crippen molar-refractivity contribution in [2.75, 3.05) is 5.32 Å². The van der Waals surface area contributed by atoms with Crippen molar-refractivity contribution in [2.24, 2.45) is 0 Å². The molecule has 0 unspecified atom stereocenters. The molecule has 1 aliphatic heterocycles. The molecule has 0 spiro atoms. The number of rotatable bonds is 3. The van der Waals surface area contributed by atoms with E-state index in [0.29, 0.717) is 11.4 Å². The molecule has 3 rings (SSSR count). The molecule has 0 saturated heterocycles. The molecule has 1 atom stereocenters. The smallest absolute Gasteiger partial charge is 0.319 e. The molecular formula is C20H19ClFN3O2. The minimum atomic E-state index is -1.00. The first-order valence-electron chi connectivity index (χ1n) is 8.38. The predicted octanol–water partition coefficient (Wildman–Crippen LogP) is 4.36. The highest BCUT2D eigenvalue weighted by Crippen LogP contribution is 2.34. The molecule has 0 bridgehead atoms. The van der Waals surface area contributed by atoms with E-state index in [9.17, 15) is 14.0 Å². The number of halogens is 2. The molecule has 2 aromatic carbocycles. The SMILES string of the molecule is CC1=C(C(=O)Nc2ccc(C)cc2C)[C@H](c2c(F)cccc2Cl)NC(=O)N1. The van der Waals surface area contributed by atoms with Gasteiger partial charge < -0.3 is 16.0 Å². The van der Waals surface area contributed by atoms with Crippen molar-refractivity contribution in [3.63, 3.8) is 0 Å². The first kappa shape index (κ1) is 18.9. The van der Waals surface area contributed by atoms with Gasteiger partial charge in [-0.15, -0.1) is 0 Å².